The predicted molar refractivity (Wildman–Crippen MR) is 53.9 cm³/mol. The largest absolute Gasteiger partial charge is 0.310 e. The second-order valence-corrected chi connectivity index (χ2v) is 3.80. The molecule has 1 aliphatic rings. The molecule has 1 aromatic heterocycles. The zero-order valence-corrected chi connectivity index (χ0v) is 8.46. The summed E-state index contributed by atoms with van der Waals surface area (Å²) in [5.41, 5.74) is 1.13. The number of pyridine rings is 1. The Balaban J connectivity index is 2.44. The lowest BCUT2D eigenvalue weighted by atomic mass is 10.1. The number of halogens is 1. The van der Waals surface area contributed by atoms with Crippen LogP contribution in [0.25, 0.3) is 0 Å². The van der Waals surface area contributed by atoms with Crippen LogP contribution in [-0.2, 0) is 11.2 Å². The van der Waals surface area contributed by atoms with Gasteiger partial charge in [0, 0.05) is 6.42 Å². The quantitative estimate of drug-likeness (QED) is 0.576. The van der Waals surface area contributed by atoms with Gasteiger partial charge in [0.1, 0.15) is 9.52 Å². The molecule has 1 aliphatic heterocycles. The van der Waals surface area contributed by atoms with Crippen LogP contribution in [0.2, 0.25) is 0 Å². The van der Waals surface area contributed by atoms with Gasteiger partial charge in [0.05, 0.1) is 0 Å². The van der Waals surface area contributed by atoms with Gasteiger partial charge in [-0.3, -0.25) is 4.79 Å². The third kappa shape index (κ3) is 1.43. The van der Waals surface area contributed by atoms with Crippen molar-refractivity contribution in [2.24, 2.45) is 0 Å². The highest BCUT2D eigenvalue weighted by Crippen LogP contribution is 2.20. The van der Waals surface area contributed by atoms with E-state index in [1.54, 1.807) is 0 Å². The molecule has 0 saturated heterocycles. The molecule has 62 valence electrons. The molecule has 0 fully saturated rings. The maximum absolute atomic E-state index is 11.0. The lowest BCUT2D eigenvalue weighted by Gasteiger charge is -2.14. The number of amides is 1. The van der Waals surface area contributed by atoms with E-state index in [1.807, 2.05) is 12.1 Å². The van der Waals surface area contributed by atoms with Gasteiger partial charge in [-0.15, -0.1) is 0 Å². The second kappa shape index (κ2) is 3.01. The number of hydrogen-bond acceptors (Lipinski definition) is 2. The van der Waals surface area contributed by atoms with Gasteiger partial charge in [-0.2, -0.15) is 0 Å². The van der Waals surface area contributed by atoms with Gasteiger partial charge in [-0.1, -0.05) is 6.07 Å². The van der Waals surface area contributed by atoms with Crippen molar-refractivity contribution in [1.82, 2.24) is 4.98 Å². The number of nitrogens with zero attached hydrogens (tertiary/aromatic N) is 1. The van der Waals surface area contributed by atoms with Crippen LogP contribution in [0.5, 0.6) is 0 Å². The van der Waals surface area contributed by atoms with Crippen molar-refractivity contribution in [2.45, 2.75) is 12.8 Å². The van der Waals surface area contributed by atoms with Crippen LogP contribution >= 0.6 is 22.6 Å². The Morgan fingerprint density at radius 2 is 2.25 bits per heavy atom. The van der Waals surface area contributed by atoms with Crippen LogP contribution in [0.15, 0.2) is 12.1 Å². The summed E-state index contributed by atoms with van der Waals surface area (Å²) in [4.78, 5) is 15.2. The van der Waals surface area contributed by atoms with Crippen molar-refractivity contribution >= 4 is 34.3 Å². The van der Waals surface area contributed by atoms with E-state index in [0.29, 0.717) is 6.42 Å². The molecule has 0 unspecified atom stereocenters. The summed E-state index contributed by atoms with van der Waals surface area (Å²) < 4.78 is 0.911. The predicted octanol–water partition coefficient (Wildman–Crippen LogP) is 1.57. The number of aromatic nitrogens is 1. The number of hydrogen-bond donors (Lipinski definition) is 1. The molecule has 1 aromatic rings. The molecule has 0 saturated carbocycles. The Labute approximate surface area is 83.7 Å². The van der Waals surface area contributed by atoms with Crippen LogP contribution in [0.4, 0.5) is 5.82 Å². The van der Waals surface area contributed by atoms with Crippen LogP contribution in [-0.4, -0.2) is 10.9 Å². The average molecular weight is 274 g/mol. The Morgan fingerprint density at radius 1 is 1.42 bits per heavy atom. The standard InChI is InChI=1S/C8H7IN2O/c9-6-3-1-5-2-4-7(12)11-8(5)10-6/h1,3H,2,4H2,(H,10,11,12). The maximum atomic E-state index is 11.0. The van der Waals surface area contributed by atoms with Crippen molar-refractivity contribution in [2.75, 3.05) is 5.32 Å². The SMILES string of the molecule is O=C1CCc2ccc(I)nc2N1. The molecule has 4 heteroatoms. The molecule has 0 aliphatic carbocycles. The highest BCUT2D eigenvalue weighted by Gasteiger charge is 2.15. The second-order valence-electron chi connectivity index (χ2n) is 2.69. The minimum absolute atomic E-state index is 0.0667. The molecule has 0 bridgehead atoms. The van der Waals surface area contributed by atoms with E-state index in [4.69, 9.17) is 0 Å². The van der Waals surface area contributed by atoms with E-state index < -0.39 is 0 Å². The molecular formula is C8H7IN2O. The van der Waals surface area contributed by atoms with Crippen molar-refractivity contribution in [3.05, 3.63) is 21.4 Å². The van der Waals surface area contributed by atoms with Crippen molar-refractivity contribution < 1.29 is 4.79 Å². The molecule has 1 amide bonds. The van der Waals surface area contributed by atoms with Gasteiger partial charge < -0.3 is 5.32 Å². The van der Waals surface area contributed by atoms with Crippen molar-refractivity contribution in [3.63, 3.8) is 0 Å². The number of rotatable bonds is 0. The van der Waals surface area contributed by atoms with E-state index in [-0.39, 0.29) is 5.91 Å². The van der Waals surface area contributed by atoms with E-state index >= 15 is 0 Å². The van der Waals surface area contributed by atoms with E-state index in [0.717, 1.165) is 21.5 Å². The average Bonchev–Trinajstić information content (AvgIpc) is 2.03. The normalized spacial score (nSPS) is 15.2. The Kier molecular flexibility index (Phi) is 2.00. The third-order valence-electron chi connectivity index (χ3n) is 1.82. The molecule has 2 heterocycles. The molecule has 0 atom stereocenters. The van der Waals surface area contributed by atoms with Crippen LogP contribution in [0.3, 0.4) is 0 Å². The number of nitrogens with one attached hydrogen (secondary N) is 1. The Bertz CT molecular complexity index is 338. The number of carbonyl (C=O) groups is 1. The first kappa shape index (κ1) is 7.97. The molecular weight excluding hydrogens is 267 g/mol. The van der Waals surface area contributed by atoms with Gasteiger partial charge in [-0.05, 0) is 40.6 Å². The lowest BCUT2D eigenvalue weighted by molar-refractivity contribution is -0.116. The van der Waals surface area contributed by atoms with E-state index in [1.165, 1.54) is 0 Å². The fourth-order valence-corrected chi connectivity index (χ4v) is 1.64. The molecule has 12 heavy (non-hydrogen) atoms. The minimum Gasteiger partial charge on any atom is -0.310 e. The molecule has 0 aromatic carbocycles. The first-order chi connectivity index (χ1) is 5.75. The summed E-state index contributed by atoms with van der Waals surface area (Å²) in [5.74, 6) is 0.801. The Morgan fingerprint density at radius 3 is 3.08 bits per heavy atom. The van der Waals surface area contributed by atoms with Crippen LogP contribution < -0.4 is 5.32 Å². The molecule has 0 radical (unpaired) electrons. The zero-order chi connectivity index (χ0) is 8.55. The number of carbonyl (C=O) groups excluding carboxylic acids is 1. The van der Waals surface area contributed by atoms with Gasteiger partial charge in [0.25, 0.3) is 0 Å². The summed E-state index contributed by atoms with van der Waals surface area (Å²) in [6.07, 6.45) is 1.39. The first-order valence-corrected chi connectivity index (χ1v) is 4.79. The van der Waals surface area contributed by atoms with Gasteiger partial charge >= 0.3 is 0 Å². The molecule has 2 rings (SSSR count). The highest BCUT2D eigenvalue weighted by molar-refractivity contribution is 14.1. The van der Waals surface area contributed by atoms with Gasteiger partial charge in [0.15, 0.2) is 0 Å². The van der Waals surface area contributed by atoms with Crippen molar-refractivity contribution in [1.29, 1.82) is 0 Å². The minimum atomic E-state index is 0.0667. The fourth-order valence-electron chi connectivity index (χ4n) is 1.22. The Hall–Kier alpha value is -0.650. The van der Waals surface area contributed by atoms with Crippen molar-refractivity contribution in [3.8, 4) is 0 Å². The van der Waals surface area contributed by atoms with Gasteiger partial charge in [-0.25, -0.2) is 4.98 Å². The maximum Gasteiger partial charge on any atom is 0.225 e. The van der Waals surface area contributed by atoms with Crippen LogP contribution in [0, 0.1) is 3.70 Å². The van der Waals surface area contributed by atoms with E-state index in [2.05, 4.69) is 32.9 Å². The number of anilines is 1. The number of aryl methyl sites for hydroxylation is 1. The van der Waals surface area contributed by atoms with E-state index in [9.17, 15) is 4.79 Å². The highest BCUT2D eigenvalue weighted by atomic mass is 127. The molecule has 3 nitrogen and oxygen atoms in total. The number of fused-ring (bicyclic) bond motifs is 1. The third-order valence-corrected chi connectivity index (χ3v) is 2.42. The zero-order valence-electron chi connectivity index (χ0n) is 6.30. The van der Waals surface area contributed by atoms with Gasteiger partial charge in [0.2, 0.25) is 5.91 Å². The molecule has 0 spiro atoms. The summed E-state index contributed by atoms with van der Waals surface area (Å²) in [6.45, 7) is 0. The molecule has 1 N–H and O–H groups in total. The van der Waals surface area contributed by atoms with Crippen LogP contribution in [0.1, 0.15) is 12.0 Å². The smallest absolute Gasteiger partial charge is 0.225 e. The monoisotopic (exact) mass is 274 g/mol. The lowest BCUT2D eigenvalue weighted by Crippen LogP contribution is -2.20. The summed E-state index contributed by atoms with van der Waals surface area (Å²) in [6, 6.07) is 3.97. The summed E-state index contributed by atoms with van der Waals surface area (Å²) >= 11 is 2.13. The topological polar surface area (TPSA) is 42.0 Å². The summed E-state index contributed by atoms with van der Waals surface area (Å²) in [7, 11) is 0. The summed E-state index contributed by atoms with van der Waals surface area (Å²) in [5, 5.41) is 2.75. The first-order valence-electron chi connectivity index (χ1n) is 3.71. The fraction of sp³-hybridized carbons (Fsp3) is 0.250.